The summed E-state index contributed by atoms with van der Waals surface area (Å²) in [4.78, 5) is 0. The first-order valence-corrected chi connectivity index (χ1v) is 8.39. The number of ether oxygens (including phenoxy) is 1. The maximum Gasteiger partial charge on any atom is 0.108 e. The molecule has 0 aromatic heterocycles. The van der Waals surface area contributed by atoms with Crippen molar-refractivity contribution >= 4 is 0 Å². The molecule has 3 unspecified atom stereocenters. The van der Waals surface area contributed by atoms with Gasteiger partial charge in [-0.1, -0.05) is 60.7 Å². The molecule has 2 heterocycles. The molecule has 3 fully saturated rings. The highest BCUT2D eigenvalue weighted by Gasteiger charge is 2.37. The van der Waals surface area contributed by atoms with Crippen LogP contribution in [0.5, 0.6) is 0 Å². The summed E-state index contributed by atoms with van der Waals surface area (Å²) in [6.07, 6.45) is 4.18. The molecule has 2 saturated heterocycles. The molecule has 2 heteroatoms. The lowest BCUT2D eigenvalue weighted by molar-refractivity contribution is -0.0608. The highest BCUT2D eigenvalue weighted by molar-refractivity contribution is 5.30. The number of fused-ring (bicyclic) bond motifs is 3. The highest BCUT2D eigenvalue weighted by Crippen LogP contribution is 2.36. The van der Waals surface area contributed by atoms with Gasteiger partial charge in [-0.2, -0.15) is 0 Å². The van der Waals surface area contributed by atoms with E-state index in [1.165, 1.54) is 36.9 Å². The number of hydrogen-bond donors (Lipinski definition) is 1. The summed E-state index contributed by atoms with van der Waals surface area (Å²) in [6.45, 7) is 1.17. The first-order valence-electron chi connectivity index (χ1n) is 8.39. The molecule has 3 atom stereocenters. The van der Waals surface area contributed by atoms with Crippen LogP contribution in [-0.4, -0.2) is 18.7 Å². The molecule has 2 aromatic rings. The van der Waals surface area contributed by atoms with Crippen molar-refractivity contribution in [2.75, 3.05) is 6.54 Å². The van der Waals surface area contributed by atoms with E-state index in [0.717, 1.165) is 5.92 Å². The van der Waals surface area contributed by atoms with Crippen LogP contribution >= 0.6 is 0 Å². The monoisotopic (exact) mass is 293 g/mol. The zero-order chi connectivity index (χ0) is 14.8. The third-order valence-electron chi connectivity index (χ3n) is 5.08. The number of rotatable bonds is 4. The number of nitrogens with one attached hydrogen (secondary N) is 1. The smallest absolute Gasteiger partial charge is 0.108 e. The molecule has 0 amide bonds. The van der Waals surface area contributed by atoms with Gasteiger partial charge in [0.15, 0.2) is 0 Å². The van der Waals surface area contributed by atoms with Gasteiger partial charge in [0.1, 0.15) is 6.10 Å². The Hall–Kier alpha value is -1.64. The Labute approximate surface area is 132 Å². The van der Waals surface area contributed by atoms with Crippen LogP contribution in [0, 0.1) is 5.92 Å². The van der Waals surface area contributed by atoms with Gasteiger partial charge >= 0.3 is 0 Å². The minimum atomic E-state index is 0.0357. The lowest BCUT2D eigenvalue weighted by Crippen LogP contribution is -2.54. The molecule has 22 heavy (non-hydrogen) atoms. The van der Waals surface area contributed by atoms with Crippen LogP contribution in [0.3, 0.4) is 0 Å². The molecule has 3 aliphatic rings. The fraction of sp³-hybridized carbons (Fsp3) is 0.400. The van der Waals surface area contributed by atoms with Crippen molar-refractivity contribution < 1.29 is 4.74 Å². The van der Waals surface area contributed by atoms with Crippen molar-refractivity contribution in [3.05, 3.63) is 71.8 Å². The summed E-state index contributed by atoms with van der Waals surface area (Å²) in [5, 5.41) is 3.65. The second kappa shape index (κ2) is 6.23. The summed E-state index contributed by atoms with van der Waals surface area (Å²) >= 11 is 0. The second-order valence-electron chi connectivity index (χ2n) is 6.57. The van der Waals surface area contributed by atoms with Gasteiger partial charge in [-0.25, -0.2) is 0 Å². The van der Waals surface area contributed by atoms with Crippen LogP contribution < -0.4 is 5.32 Å². The minimum Gasteiger partial charge on any atom is -0.364 e. The molecule has 1 saturated carbocycles. The SMILES string of the molecule is c1ccc(C(OC2CC3CCC2NC3)c2ccccc2)cc1. The molecule has 2 nitrogen and oxygen atoms in total. The van der Waals surface area contributed by atoms with Crippen molar-refractivity contribution in [1.29, 1.82) is 0 Å². The first-order chi connectivity index (χ1) is 10.9. The number of benzene rings is 2. The van der Waals surface area contributed by atoms with E-state index >= 15 is 0 Å². The number of piperidine rings is 2. The van der Waals surface area contributed by atoms with Crippen molar-refractivity contribution in [3.8, 4) is 0 Å². The quantitative estimate of drug-likeness (QED) is 0.922. The van der Waals surface area contributed by atoms with Crippen molar-refractivity contribution in [3.63, 3.8) is 0 Å². The van der Waals surface area contributed by atoms with E-state index in [4.69, 9.17) is 4.74 Å². The minimum absolute atomic E-state index is 0.0357. The van der Waals surface area contributed by atoms with Crippen LogP contribution in [0.2, 0.25) is 0 Å². The predicted octanol–water partition coefficient (Wildman–Crippen LogP) is 3.93. The van der Waals surface area contributed by atoms with Crippen LogP contribution in [-0.2, 0) is 4.74 Å². The Morgan fingerprint density at radius 3 is 1.95 bits per heavy atom. The van der Waals surface area contributed by atoms with E-state index in [2.05, 4.69) is 66.0 Å². The molecule has 2 aliphatic heterocycles. The Kier molecular flexibility index (Phi) is 3.96. The van der Waals surface area contributed by atoms with Crippen LogP contribution in [0.15, 0.2) is 60.7 Å². The molecule has 114 valence electrons. The van der Waals surface area contributed by atoms with Gasteiger partial charge in [0.25, 0.3) is 0 Å². The summed E-state index contributed by atoms with van der Waals surface area (Å²) in [5.74, 6) is 0.794. The van der Waals surface area contributed by atoms with Gasteiger partial charge < -0.3 is 10.1 Å². The van der Waals surface area contributed by atoms with Crippen LogP contribution in [0.4, 0.5) is 0 Å². The average molecular weight is 293 g/mol. The molecule has 2 bridgehead atoms. The highest BCUT2D eigenvalue weighted by atomic mass is 16.5. The fourth-order valence-corrected chi connectivity index (χ4v) is 3.88. The van der Waals surface area contributed by atoms with Crippen LogP contribution in [0.25, 0.3) is 0 Å². The summed E-state index contributed by atoms with van der Waals surface area (Å²) in [6, 6.07) is 21.7. The summed E-state index contributed by atoms with van der Waals surface area (Å²) < 4.78 is 6.63. The normalized spacial score (nSPS) is 27.2. The molecule has 2 aromatic carbocycles. The van der Waals surface area contributed by atoms with Gasteiger partial charge in [0.05, 0.1) is 6.10 Å². The van der Waals surface area contributed by atoms with E-state index in [1.807, 2.05) is 0 Å². The first kappa shape index (κ1) is 14.0. The lowest BCUT2D eigenvalue weighted by atomic mass is 9.79. The zero-order valence-corrected chi connectivity index (χ0v) is 12.8. The third-order valence-corrected chi connectivity index (χ3v) is 5.08. The van der Waals surface area contributed by atoms with Crippen molar-refractivity contribution in [2.45, 2.75) is 37.5 Å². The molecular formula is C20H23NO. The predicted molar refractivity (Wildman–Crippen MR) is 88.7 cm³/mol. The largest absolute Gasteiger partial charge is 0.364 e. The van der Waals surface area contributed by atoms with Gasteiger partial charge in [-0.05, 0) is 42.9 Å². The van der Waals surface area contributed by atoms with Gasteiger partial charge in [0.2, 0.25) is 0 Å². The van der Waals surface area contributed by atoms with E-state index in [-0.39, 0.29) is 6.10 Å². The molecule has 5 rings (SSSR count). The van der Waals surface area contributed by atoms with Crippen molar-refractivity contribution in [2.24, 2.45) is 5.92 Å². The molecule has 0 spiro atoms. The maximum atomic E-state index is 6.63. The third kappa shape index (κ3) is 2.81. The molecule has 1 aliphatic carbocycles. The van der Waals surface area contributed by atoms with Gasteiger partial charge in [-0.3, -0.25) is 0 Å². The maximum absolute atomic E-state index is 6.63. The molecule has 0 radical (unpaired) electrons. The Balaban J connectivity index is 1.61. The lowest BCUT2D eigenvalue weighted by Gasteiger charge is -2.44. The fourth-order valence-electron chi connectivity index (χ4n) is 3.88. The summed E-state index contributed by atoms with van der Waals surface area (Å²) in [5.41, 5.74) is 2.49. The Morgan fingerprint density at radius 2 is 1.50 bits per heavy atom. The zero-order valence-electron chi connectivity index (χ0n) is 12.8. The van der Waals surface area contributed by atoms with Crippen molar-refractivity contribution in [1.82, 2.24) is 5.32 Å². The standard InChI is InChI=1S/C20H23NO/c1-3-7-16(8-4-1)20(17-9-5-2-6-10-17)22-19-13-15-11-12-18(19)21-14-15/h1-10,15,18-21H,11-14H2. The Bertz CT molecular complexity index is 550. The Morgan fingerprint density at radius 1 is 0.864 bits per heavy atom. The van der Waals surface area contributed by atoms with Gasteiger partial charge in [-0.15, -0.1) is 0 Å². The second-order valence-corrected chi connectivity index (χ2v) is 6.57. The topological polar surface area (TPSA) is 21.3 Å². The van der Waals surface area contributed by atoms with E-state index in [1.54, 1.807) is 0 Å². The van der Waals surface area contributed by atoms with Crippen LogP contribution in [0.1, 0.15) is 36.5 Å². The van der Waals surface area contributed by atoms with E-state index in [9.17, 15) is 0 Å². The summed E-state index contributed by atoms with van der Waals surface area (Å²) in [7, 11) is 0. The molecule has 1 N–H and O–H groups in total. The average Bonchev–Trinajstić information content (AvgIpc) is 2.62. The number of hydrogen-bond acceptors (Lipinski definition) is 2. The van der Waals surface area contributed by atoms with Gasteiger partial charge in [0, 0.05) is 6.04 Å². The molecular weight excluding hydrogens is 270 g/mol. The van der Waals surface area contributed by atoms with E-state index < -0.39 is 0 Å². The van der Waals surface area contributed by atoms with E-state index in [0.29, 0.717) is 12.1 Å².